The van der Waals surface area contributed by atoms with Gasteiger partial charge in [-0.25, -0.2) is 4.79 Å². The van der Waals surface area contributed by atoms with Crippen LogP contribution in [0.3, 0.4) is 0 Å². The molecule has 0 bridgehead atoms. The van der Waals surface area contributed by atoms with Gasteiger partial charge in [-0.05, 0) is 36.4 Å². The number of carbonyl (C=O) groups is 1. The molecule has 0 spiro atoms. The minimum Gasteiger partial charge on any atom is -0.462 e. The van der Waals surface area contributed by atoms with Crippen LogP contribution in [0.1, 0.15) is 29.1 Å². The second kappa shape index (κ2) is 4.66. The summed E-state index contributed by atoms with van der Waals surface area (Å²) in [4.78, 5) is 12.2. The molecule has 2 nitrogen and oxygen atoms in total. The molecule has 1 aromatic heterocycles. The Labute approximate surface area is 98.9 Å². The van der Waals surface area contributed by atoms with Gasteiger partial charge >= 0.3 is 5.97 Å². The minimum atomic E-state index is -0.221. The molecule has 0 aliphatic carbocycles. The first-order chi connectivity index (χ1) is 7.74. The number of aryl methyl sites for hydroxylation is 1. The Bertz CT molecular complexity index is 514. The molecule has 0 N–H and O–H groups in total. The summed E-state index contributed by atoms with van der Waals surface area (Å²) < 4.78 is 6.14. The fraction of sp³-hybridized carbons (Fsp3) is 0.308. The molecule has 0 fully saturated rings. The molecule has 1 aromatic carbocycles. The van der Waals surface area contributed by atoms with Crippen molar-refractivity contribution in [3.63, 3.8) is 0 Å². The monoisotopic (exact) mass is 234 g/mol. The van der Waals surface area contributed by atoms with Gasteiger partial charge in [-0.2, -0.15) is 0 Å². The van der Waals surface area contributed by atoms with Crippen LogP contribution in [0.25, 0.3) is 10.1 Å². The molecule has 0 atom stereocenters. The van der Waals surface area contributed by atoms with Gasteiger partial charge in [0.1, 0.15) is 4.88 Å². The van der Waals surface area contributed by atoms with E-state index in [-0.39, 0.29) is 5.97 Å². The van der Waals surface area contributed by atoms with Crippen LogP contribution in [0.2, 0.25) is 0 Å². The van der Waals surface area contributed by atoms with Gasteiger partial charge in [0, 0.05) is 4.70 Å². The molecule has 0 unspecified atom stereocenters. The van der Waals surface area contributed by atoms with E-state index >= 15 is 0 Å². The Morgan fingerprint density at radius 1 is 1.31 bits per heavy atom. The van der Waals surface area contributed by atoms with Crippen molar-refractivity contribution in [2.75, 3.05) is 6.61 Å². The van der Waals surface area contributed by atoms with Gasteiger partial charge in [0.2, 0.25) is 0 Å². The molecule has 0 aliphatic heterocycles. The number of rotatable bonds is 3. The third kappa shape index (κ3) is 2.09. The summed E-state index contributed by atoms with van der Waals surface area (Å²) in [7, 11) is 0. The van der Waals surface area contributed by atoms with Gasteiger partial charge in [0.05, 0.1) is 6.61 Å². The Kier molecular flexibility index (Phi) is 3.25. The van der Waals surface area contributed by atoms with E-state index in [0.29, 0.717) is 11.5 Å². The van der Waals surface area contributed by atoms with Gasteiger partial charge in [0.25, 0.3) is 0 Å². The molecule has 0 amide bonds. The number of benzene rings is 1. The summed E-state index contributed by atoms with van der Waals surface area (Å²) in [6, 6.07) is 8.21. The number of thiophene rings is 1. The molecule has 3 heteroatoms. The van der Waals surface area contributed by atoms with Crippen LogP contribution < -0.4 is 0 Å². The summed E-state index contributed by atoms with van der Waals surface area (Å²) in [6.07, 6.45) is 1.02. The lowest BCUT2D eigenvalue weighted by Gasteiger charge is -1.95. The third-order valence-corrected chi connectivity index (χ3v) is 3.55. The molecule has 84 valence electrons. The zero-order chi connectivity index (χ0) is 11.5. The molecule has 2 aromatic rings. The van der Waals surface area contributed by atoms with Gasteiger partial charge in [-0.15, -0.1) is 11.3 Å². The quantitative estimate of drug-likeness (QED) is 0.758. The van der Waals surface area contributed by atoms with Crippen molar-refractivity contribution in [3.8, 4) is 0 Å². The highest BCUT2D eigenvalue weighted by Crippen LogP contribution is 2.27. The minimum absolute atomic E-state index is 0.221. The van der Waals surface area contributed by atoms with Crippen molar-refractivity contribution in [2.45, 2.75) is 20.3 Å². The summed E-state index contributed by atoms with van der Waals surface area (Å²) in [5.74, 6) is -0.221. The van der Waals surface area contributed by atoms with Gasteiger partial charge in [-0.3, -0.25) is 0 Å². The second-order valence-electron chi connectivity index (χ2n) is 3.56. The van der Waals surface area contributed by atoms with Gasteiger partial charge in [-0.1, -0.05) is 19.1 Å². The lowest BCUT2D eigenvalue weighted by Crippen LogP contribution is -2.01. The summed E-state index contributed by atoms with van der Waals surface area (Å²) in [5.41, 5.74) is 1.30. The number of ether oxygens (including phenoxy) is 1. The van der Waals surface area contributed by atoms with Gasteiger partial charge in [0.15, 0.2) is 0 Å². The first-order valence-corrected chi connectivity index (χ1v) is 6.25. The van der Waals surface area contributed by atoms with Crippen molar-refractivity contribution in [1.29, 1.82) is 0 Å². The van der Waals surface area contributed by atoms with Crippen LogP contribution >= 0.6 is 11.3 Å². The van der Waals surface area contributed by atoms with E-state index < -0.39 is 0 Å². The van der Waals surface area contributed by atoms with Crippen molar-refractivity contribution in [1.82, 2.24) is 0 Å². The van der Waals surface area contributed by atoms with Crippen LogP contribution in [0.4, 0.5) is 0 Å². The highest BCUT2D eigenvalue weighted by molar-refractivity contribution is 7.20. The Balaban J connectivity index is 2.39. The first kappa shape index (κ1) is 11.1. The fourth-order valence-corrected chi connectivity index (χ4v) is 2.62. The predicted molar refractivity (Wildman–Crippen MR) is 67.2 cm³/mol. The highest BCUT2D eigenvalue weighted by Gasteiger charge is 2.10. The van der Waals surface area contributed by atoms with E-state index in [9.17, 15) is 4.79 Å². The van der Waals surface area contributed by atoms with E-state index in [4.69, 9.17) is 4.74 Å². The molecular formula is C13H14O2S. The number of esters is 1. The lowest BCUT2D eigenvalue weighted by molar-refractivity contribution is 0.0532. The largest absolute Gasteiger partial charge is 0.462 e. The van der Waals surface area contributed by atoms with E-state index in [2.05, 4.69) is 25.1 Å². The zero-order valence-corrected chi connectivity index (χ0v) is 10.3. The number of carbonyl (C=O) groups excluding carboxylic acids is 1. The van der Waals surface area contributed by atoms with Crippen molar-refractivity contribution < 1.29 is 9.53 Å². The zero-order valence-electron chi connectivity index (χ0n) is 9.45. The normalized spacial score (nSPS) is 10.6. The van der Waals surface area contributed by atoms with Crippen LogP contribution in [-0.4, -0.2) is 12.6 Å². The molecular weight excluding hydrogens is 220 g/mol. The molecule has 2 rings (SSSR count). The first-order valence-electron chi connectivity index (χ1n) is 5.44. The average molecular weight is 234 g/mol. The maximum atomic E-state index is 11.6. The highest BCUT2D eigenvalue weighted by atomic mass is 32.1. The van der Waals surface area contributed by atoms with Crippen LogP contribution in [0.15, 0.2) is 24.3 Å². The van der Waals surface area contributed by atoms with E-state index in [1.807, 2.05) is 13.0 Å². The second-order valence-corrected chi connectivity index (χ2v) is 4.64. The van der Waals surface area contributed by atoms with E-state index in [1.54, 1.807) is 0 Å². The molecule has 16 heavy (non-hydrogen) atoms. The average Bonchev–Trinajstić information content (AvgIpc) is 2.71. The summed E-state index contributed by atoms with van der Waals surface area (Å²) >= 11 is 1.50. The topological polar surface area (TPSA) is 26.3 Å². The van der Waals surface area contributed by atoms with Gasteiger partial charge < -0.3 is 4.74 Å². The van der Waals surface area contributed by atoms with Crippen LogP contribution in [-0.2, 0) is 11.2 Å². The summed E-state index contributed by atoms with van der Waals surface area (Å²) in [6.45, 7) is 4.37. The van der Waals surface area contributed by atoms with Crippen LogP contribution in [0, 0.1) is 0 Å². The molecule has 1 heterocycles. The Morgan fingerprint density at radius 3 is 2.81 bits per heavy atom. The Morgan fingerprint density at radius 2 is 2.12 bits per heavy atom. The smallest absolute Gasteiger partial charge is 0.348 e. The maximum absolute atomic E-state index is 11.6. The third-order valence-electron chi connectivity index (χ3n) is 2.47. The Hall–Kier alpha value is -1.35. The van der Waals surface area contributed by atoms with Crippen molar-refractivity contribution in [3.05, 3.63) is 34.7 Å². The molecule has 0 aliphatic rings. The van der Waals surface area contributed by atoms with Crippen LogP contribution in [0.5, 0.6) is 0 Å². The van der Waals surface area contributed by atoms with E-state index in [1.165, 1.54) is 16.9 Å². The number of hydrogen-bond donors (Lipinski definition) is 0. The lowest BCUT2D eigenvalue weighted by atomic mass is 10.1. The maximum Gasteiger partial charge on any atom is 0.348 e. The molecule has 0 saturated carbocycles. The molecule has 0 radical (unpaired) electrons. The molecule has 0 saturated heterocycles. The standard InChI is InChI=1S/C13H14O2S/c1-3-9-5-6-10-8-12(13(14)15-4-2)16-11(10)7-9/h5-8H,3-4H2,1-2H3. The van der Waals surface area contributed by atoms with Crippen molar-refractivity contribution >= 4 is 27.4 Å². The SMILES string of the molecule is CCOC(=O)c1cc2ccc(CC)cc2s1. The fourth-order valence-electron chi connectivity index (χ4n) is 1.60. The van der Waals surface area contributed by atoms with Crippen molar-refractivity contribution in [2.24, 2.45) is 0 Å². The number of hydrogen-bond acceptors (Lipinski definition) is 3. The number of fused-ring (bicyclic) bond motifs is 1. The van der Waals surface area contributed by atoms with E-state index in [0.717, 1.165) is 16.5 Å². The summed E-state index contributed by atoms with van der Waals surface area (Å²) in [5, 5.41) is 1.12. The predicted octanol–water partition coefficient (Wildman–Crippen LogP) is 3.64.